The van der Waals surface area contributed by atoms with E-state index in [1.54, 1.807) is 32.2 Å². The first-order valence-corrected chi connectivity index (χ1v) is 6.32. The van der Waals surface area contributed by atoms with Crippen LogP contribution in [0.2, 0.25) is 10.0 Å². The molecule has 19 heavy (non-hydrogen) atoms. The van der Waals surface area contributed by atoms with E-state index in [9.17, 15) is 4.79 Å². The molecule has 1 aromatic carbocycles. The van der Waals surface area contributed by atoms with Crippen molar-refractivity contribution in [3.8, 4) is 0 Å². The Morgan fingerprint density at radius 1 is 1.42 bits per heavy atom. The molecule has 1 N–H and O–H groups in total. The van der Waals surface area contributed by atoms with Crippen molar-refractivity contribution in [3.63, 3.8) is 0 Å². The second-order valence-corrected chi connectivity index (χ2v) is 4.88. The predicted octanol–water partition coefficient (Wildman–Crippen LogP) is 2.69. The van der Waals surface area contributed by atoms with Crippen LogP contribution in [0.1, 0.15) is 22.0 Å². The molecule has 0 radical (unpaired) electrons. The molecule has 1 heterocycles. The average Bonchev–Trinajstić information content (AvgIpc) is 2.77. The number of halogens is 2. The summed E-state index contributed by atoms with van der Waals surface area (Å²) in [5, 5.41) is 7.32. The van der Waals surface area contributed by atoms with Crippen LogP contribution < -0.4 is 0 Å². The van der Waals surface area contributed by atoms with Crippen LogP contribution in [0.3, 0.4) is 0 Å². The number of H-pyrrole nitrogens is 1. The minimum Gasteiger partial charge on any atom is -0.334 e. The predicted molar refractivity (Wildman–Crippen MR) is 73.4 cm³/mol. The Bertz CT molecular complexity index is 612. The van der Waals surface area contributed by atoms with Crippen LogP contribution in [0.5, 0.6) is 0 Å². The van der Waals surface area contributed by atoms with E-state index < -0.39 is 0 Å². The van der Waals surface area contributed by atoms with Gasteiger partial charge in [0.1, 0.15) is 5.82 Å². The molecule has 1 amide bonds. The van der Waals surface area contributed by atoms with Gasteiger partial charge in [-0.1, -0.05) is 29.3 Å². The first-order valence-electron chi connectivity index (χ1n) is 5.56. The topological polar surface area (TPSA) is 61.9 Å². The van der Waals surface area contributed by atoms with Gasteiger partial charge in [-0.15, -0.1) is 0 Å². The van der Waals surface area contributed by atoms with Crippen molar-refractivity contribution in [2.24, 2.45) is 0 Å². The van der Waals surface area contributed by atoms with Crippen molar-refractivity contribution >= 4 is 29.1 Å². The summed E-state index contributed by atoms with van der Waals surface area (Å²) in [6, 6.07) is 4.96. The van der Waals surface area contributed by atoms with Crippen LogP contribution in [-0.4, -0.2) is 33.0 Å². The summed E-state index contributed by atoms with van der Waals surface area (Å²) in [5.41, 5.74) is 0.365. The van der Waals surface area contributed by atoms with Crippen LogP contribution in [0.15, 0.2) is 18.2 Å². The maximum Gasteiger partial charge on any atom is 0.255 e. The molecule has 0 unspecified atom stereocenters. The molecule has 5 nitrogen and oxygen atoms in total. The number of nitrogens with zero attached hydrogens (tertiary/aromatic N) is 3. The van der Waals surface area contributed by atoms with E-state index >= 15 is 0 Å². The van der Waals surface area contributed by atoms with Crippen LogP contribution in [0.4, 0.5) is 0 Å². The third-order valence-electron chi connectivity index (χ3n) is 2.55. The average molecular weight is 299 g/mol. The number of hydrogen-bond acceptors (Lipinski definition) is 3. The van der Waals surface area contributed by atoms with Crippen molar-refractivity contribution in [2.75, 3.05) is 7.05 Å². The minimum absolute atomic E-state index is 0.227. The quantitative estimate of drug-likeness (QED) is 0.948. The van der Waals surface area contributed by atoms with Gasteiger partial charge in [0, 0.05) is 7.05 Å². The molecule has 100 valence electrons. The molecular weight excluding hydrogens is 287 g/mol. The van der Waals surface area contributed by atoms with Crippen LogP contribution in [0, 0.1) is 6.92 Å². The fraction of sp³-hybridized carbons (Fsp3) is 0.250. The Hall–Kier alpha value is -1.59. The van der Waals surface area contributed by atoms with Gasteiger partial charge in [0.15, 0.2) is 5.82 Å². The highest BCUT2D eigenvalue weighted by Gasteiger charge is 2.18. The molecule has 1 aromatic heterocycles. The molecule has 2 rings (SSSR count). The van der Waals surface area contributed by atoms with Gasteiger partial charge in [0.25, 0.3) is 5.91 Å². The fourth-order valence-corrected chi connectivity index (χ4v) is 2.00. The number of hydrogen-bond donors (Lipinski definition) is 1. The molecule has 0 fully saturated rings. The largest absolute Gasteiger partial charge is 0.334 e. The number of benzene rings is 1. The zero-order valence-electron chi connectivity index (χ0n) is 10.4. The lowest BCUT2D eigenvalue weighted by molar-refractivity contribution is 0.0782. The maximum absolute atomic E-state index is 12.2. The molecular formula is C12H12Cl2N4O. The number of aryl methyl sites for hydroxylation is 1. The van der Waals surface area contributed by atoms with Gasteiger partial charge in [0.2, 0.25) is 0 Å². The number of amides is 1. The van der Waals surface area contributed by atoms with Crippen LogP contribution >= 0.6 is 23.2 Å². The smallest absolute Gasteiger partial charge is 0.255 e. The van der Waals surface area contributed by atoms with E-state index in [1.165, 1.54) is 4.90 Å². The van der Waals surface area contributed by atoms with Crippen molar-refractivity contribution < 1.29 is 4.79 Å². The normalized spacial score (nSPS) is 10.5. The molecule has 0 aliphatic rings. The van der Waals surface area contributed by atoms with Crippen molar-refractivity contribution in [3.05, 3.63) is 45.5 Å². The third kappa shape index (κ3) is 3.05. The highest BCUT2D eigenvalue weighted by Crippen LogP contribution is 2.26. The first-order chi connectivity index (χ1) is 8.99. The number of carbonyl (C=O) groups is 1. The Balaban J connectivity index is 2.17. The number of carbonyl (C=O) groups excluding carboxylic acids is 1. The van der Waals surface area contributed by atoms with Crippen molar-refractivity contribution in [1.82, 2.24) is 20.1 Å². The van der Waals surface area contributed by atoms with Crippen LogP contribution in [-0.2, 0) is 6.54 Å². The standard InChI is InChI=1S/C12H12Cl2N4O/c1-7-15-10(17-16-7)6-18(2)12(19)8-4-3-5-9(13)11(8)14/h3-5H,6H2,1-2H3,(H,15,16,17). The summed E-state index contributed by atoms with van der Waals surface area (Å²) in [4.78, 5) is 17.9. The number of nitrogens with one attached hydrogen (secondary N) is 1. The van der Waals surface area contributed by atoms with Crippen molar-refractivity contribution in [1.29, 1.82) is 0 Å². The molecule has 0 saturated heterocycles. The molecule has 0 atom stereocenters. The van der Waals surface area contributed by atoms with E-state index in [4.69, 9.17) is 23.2 Å². The van der Waals surface area contributed by atoms with Gasteiger partial charge in [-0.2, -0.15) is 5.10 Å². The van der Waals surface area contributed by atoms with Gasteiger partial charge in [-0.25, -0.2) is 4.98 Å². The molecule has 7 heteroatoms. The molecule has 0 bridgehead atoms. The van der Waals surface area contributed by atoms with Gasteiger partial charge in [0.05, 0.1) is 22.2 Å². The second-order valence-electron chi connectivity index (χ2n) is 4.10. The van der Waals surface area contributed by atoms with E-state index in [2.05, 4.69) is 15.2 Å². The fourth-order valence-electron chi connectivity index (χ4n) is 1.62. The molecule has 2 aromatic rings. The Morgan fingerprint density at radius 3 is 2.79 bits per heavy atom. The summed E-state index contributed by atoms with van der Waals surface area (Å²) >= 11 is 11.9. The number of rotatable bonds is 3. The molecule has 0 saturated carbocycles. The summed E-state index contributed by atoms with van der Waals surface area (Å²) in [6.45, 7) is 2.10. The lowest BCUT2D eigenvalue weighted by atomic mass is 10.2. The summed E-state index contributed by atoms with van der Waals surface area (Å²) in [5.74, 6) is 1.03. The monoisotopic (exact) mass is 298 g/mol. The van der Waals surface area contributed by atoms with E-state index in [1.807, 2.05) is 0 Å². The van der Waals surface area contributed by atoms with Gasteiger partial charge >= 0.3 is 0 Å². The highest BCUT2D eigenvalue weighted by molar-refractivity contribution is 6.43. The van der Waals surface area contributed by atoms with Crippen molar-refractivity contribution in [2.45, 2.75) is 13.5 Å². The minimum atomic E-state index is -0.227. The zero-order valence-corrected chi connectivity index (χ0v) is 12.0. The maximum atomic E-state index is 12.2. The zero-order chi connectivity index (χ0) is 14.0. The Labute approximate surface area is 120 Å². The molecule has 0 aliphatic carbocycles. The first kappa shape index (κ1) is 13.8. The van der Waals surface area contributed by atoms with E-state index in [0.717, 1.165) is 0 Å². The second kappa shape index (κ2) is 5.59. The van der Waals surface area contributed by atoms with Gasteiger partial charge < -0.3 is 4.90 Å². The summed E-state index contributed by atoms with van der Waals surface area (Å²) in [7, 11) is 1.66. The van der Waals surface area contributed by atoms with E-state index in [-0.39, 0.29) is 10.9 Å². The lowest BCUT2D eigenvalue weighted by Gasteiger charge is -2.16. The summed E-state index contributed by atoms with van der Waals surface area (Å²) in [6.07, 6.45) is 0. The number of aromatic nitrogens is 3. The third-order valence-corrected chi connectivity index (χ3v) is 3.37. The Morgan fingerprint density at radius 2 is 2.16 bits per heavy atom. The lowest BCUT2D eigenvalue weighted by Crippen LogP contribution is -2.27. The van der Waals surface area contributed by atoms with Gasteiger partial charge in [-0.3, -0.25) is 9.89 Å². The SMILES string of the molecule is Cc1nc(CN(C)C(=O)c2cccc(Cl)c2Cl)n[nH]1. The molecule has 0 aliphatic heterocycles. The summed E-state index contributed by atoms with van der Waals surface area (Å²) < 4.78 is 0. The molecule has 0 spiro atoms. The van der Waals surface area contributed by atoms with E-state index in [0.29, 0.717) is 28.8 Å². The Kier molecular flexibility index (Phi) is 4.07. The highest BCUT2D eigenvalue weighted by atomic mass is 35.5. The van der Waals surface area contributed by atoms with Gasteiger partial charge in [-0.05, 0) is 19.1 Å². The number of aromatic amines is 1. The van der Waals surface area contributed by atoms with Crippen LogP contribution in [0.25, 0.3) is 0 Å².